The lowest BCUT2D eigenvalue weighted by molar-refractivity contribution is -0.222. The van der Waals surface area contributed by atoms with Gasteiger partial charge < -0.3 is 25.0 Å². The second-order valence-electron chi connectivity index (χ2n) is 5.56. The molecule has 0 saturated carbocycles. The van der Waals surface area contributed by atoms with Crippen LogP contribution in [-0.2, 0) is 19.1 Å². The maximum Gasteiger partial charge on any atom is 0.350 e. The number of hydrogen-bond donors (Lipinski definition) is 3. The highest BCUT2D eigenvalue weighted by Crippen LogP contribution is 2.36. The molecule has 0 aliphatic carbocycles. The monoisotopic (exact) mass is 713 g/mol. The number of halogens is 3. The SMILES string of the molecule is CC1(C)OC(=O)C(=CNc2c(I)c(C(=O)O)c(I)c(C(=O)O)c2I)C(=O)O1. The van der Waals surface area contributed by atoms with E-state index in [1.165, 1.54) is 13.8 Å². The number of hydrogen-bond acceptors (Lipinski definition) is 7. The molecule has 0 amide bonds. The van der Waals surface area contributed by atoms with Gasteiger partial charge in [-0.1, -0.05) is 0 Å². The summed E-state index contributed by atoms with van der Waals surface area (Å²) in [6.45, 7) is 2.80. The van der Waals surface area contributed by atoms with E-state index in [0.717, 1.165) is 6.20 Å². The van der Waals surface area contributed by atoms with Gasteiger partial charge in [0, 0.05) is 23.6 Å². The Kier molecular flexibility index (Phi) is 6.60. The van der Waals surface area contributed by atoms with E-state index in [1.54, 1.807) is 67.8 Å². The van der Waals surface area contributed by atoms with Crippen molar-refractivity contribution in [1.82, 2.24) is 0 Å². The minimum absolute atomic E-state index is 0.0674. The summed E-state index contributed by atoms with van der Waals surface area (Å²) in [6, 6.07) is 0. The van der Waals surface area contributed by atoms with E-state index >= 15 is 0 Å². The van der Waals surface area contributed by atoms with Crippen molar-refractivity contribution >= 4 is 97.3 Å². The zero-order valence-electron chi connectivity index (χ0n) is 13.6. The smallest absolute Gasteiger partial charge is 0.350 e. The van der Waals surface area contributed by atoms with Gasteiger partial charge >= 0.3 is 23.9 Å². The van der Waals surface area contributed by atoms with Crippen molar-refractivity contribution in [2.75, 3.05) is 5.32 Å². The van der Waals surface area contributed by atoms with Crippen molar-refractivity contribution in [1.29, 1.82) is 0 Å². The first-order valence-corrected chi connectivity index (χ1v) is 10.2. The molecule has 144 valence electrons. The van der Waals surface area contributed by atoms with Gasteiger partial charge in [-0.25, -0.2) is 19.2 Å². The Hall–Kier alpha value is -1.17. The summed E-state index contributed by atoms with van der Waals surface area (Å²) < 4.78 is 10.4. The van der Waals surface area contributed by atoms with Crippen LogP contribution in [0, 0.1) is 10.7 Å². The molecule has 1 aromatic carbocycles. The molecule has 0 spiro atoms. The maximum absolute atomic E-state index is 12.0. The van der Waals surface area contributed by atoms with Crippen molar-refractivity contribution in [3.05, 3.63) is 33.6 Å². The third-order valence-electron chi connectivity index (χ3n) is 3.22. The second kappa shape index (κ2) is 8.06. The lowest BCUT2D eigenvalue weighted by Gasteiger charge is -2.29. The highest BCUT2D eigenvalue weighted by Gasteiger charge is 2.39. The first-order chi connectivity index (χ1) is 12.4. The normalized spacial score (nSPS) is 15.7. The summed E-state index contributed by atoms with van der Waals surface area (Å²) in [7, 11) is 0. The number of carbonyl (C=O) groups excluding carboxylic acids is 2. The second-order valence-corrected chi connectivity index (χ2v) is 8.79. The van der Waals surface area contributed by atoms with Crippen molar-refractivity contribution in [3.8, 4) is 0 Å². The van der Waals surface area contributed by atoms with E-state index in [1.807, 2.05) is 0 Å². The fourth-order valence-electron chi connectivity index (χ4n) is 2.09. The molecule has 1 saturated heterocycles. The Morgan fingerprint density at radius 3 is 1.70 bits per heavy atom. The molecule has 1 fully saturated rings. The lowest BCUT2D eigenvalue weighted by atomic mass is 10.1. The Bertz CT molecular complexity index is 859. The third kappa shape index (κ3) is 4.47. The van der Waals surface area contributed by atoms with E-state index < -0.39 is 35.2 Å². The summed E-state index contributed by atoms with van der Waals surface area (Å²) in [5, 5.41) is 21.5. The number of ether oxygens (including phenoxy) is 2. The first-order valence-electron chi connectivity index (χ1n) is 6.97. The van der Waals surface area contributed by atoms with Crippen LogP contribution in [0.1, 0.15) is 34.6 Å². The molecule has 3 N–H and O–H groups in total. The molecule has 2 rings (SSSR count). The van der Waals surface area contributed by atoms with Crippen LogP contribution in [-0.4, -0.2) is 39.9 Å². The molecule has 9 nitrogen and oxygen atoms in total. The minimum Gasteiger partial charge on any atom is -0.478 e. The summed E-state index contributed by atoms with van der Waals surface area (Å²) in [5.41, 5.74) is -0.715. The molecule has 0 radical (unpaired) electrons. The Morgan fingerprint density at radius 2 is 1.33 bits per heavy atom. The van der Waals surface area contributed by atoms with E-state index in [9.17, 15) is 29.4 Å². The van der Waals surface area contributed by atoms with Gasteiger partial charge in [0.2, 0.25) is 0 Å². The highest BCUT2D eigenvalue weighted by atomic mass is 127. The average Bonchev–Trinajstić information content (AvgIpc) is 2.47. The molecule has 27 heavy (non-hydrogen) atoms. The number of aromatic carboxylic acids is 2. The van der Waals surface area contributed by atoms with E-state index in [-0.39, 0.29) is 27.5 Å². The predicted octanol–water partition coefficient (Wildman–Crippen LogP) is 3.03. The van der Waals surface area contributed by atoms with Gasteiger partial charge in [-0.3, -0.25) is 0 Å². The molecule has 1 heterocycles. The molecule has 0 aromatic heterocycles. The topological polar surface area (TPSA) is 139 Å². The van der Waals surface area contributed by atoms with Crippen molar-refractivity contribution in [3.63, 3.8) is 0 Å². The van der Waals surface area contributed by atoms with Crippen LogP contribution in [0.3, 0.4) is 0 Å². The van der Waals surface area contributed by atoms with Crippen LogP contribution in [0.15, 0.2) is 11.8 Å². The van der Waals surface area contributed by atoms with Gasteiger partial charge in [0.1, 0.15) is 0 Å². The van der Waals surface area contributed by atoms with Crippen LogP contribution in [0.4, 0.5) is 5.69 Å². The van der Waals surface area contributed by atoms with E-state index in [4.69, 9.17) is 9.47 Å². The van der Waals surface area contributed by atoms with Crippen LogP contribution < -0.4 is 5.32 Å². The number of rotatable bonds is 4. The first kappa shape index (κ1) is 22.1. The molecule has 0 atom stereocenters. The fraction of sp³-hybridized carbons (Fsp3) is 0.200. The third-order valence-corrected chi connectivity index (χ3v) is 6.46. The van der Waals surface area contributed by atoms with E-state index in [2.05, 4.69) is 5.32 Å². The van der Waals surface area contributed by atoms with Crippen LogP contribution in [0.5, 0.6) is 0 Å². The number of benzene rings is 1. The van der Waals surface area contributed by atoms with Gasteiger partial charge in [0.05, 0.1) is 24.0 Å². The molecule has 1 aromatic rings. The Labute approximate surface area is 193 Å². The number of nitrogens with one attached hydrogen (secondary N) is 1. The van der Waals surface area contributed by atoms with Crippen LogP contribution in [0.2, 0.25) is 0 Å². The predicted molar refractivity (Wildman–Crippen MR) is 116 cm³/mol. The summed E-state index contributed by atoms with van der Waals surface area (Å²) in [6.07, 6.45) is 1.00. The Morgan fingerprint density at radius 1 is 0.926 bits per heavy atom. The van der Waals surface area contributed by atoms with Crippen molar-refractivity contribution in [2.24, 2.45) is 0 Å². The molecule has 0 unspecified atom stereocenters. The van der Waals surface area contributed by atoms with Gasteiger partial charge in [-0.15, -0.1) is 0 Å². The number of esters is 2. The number of carboxylic acid groups (broad SMARTS) is 2. The number of carbonyl (C=O) groups is 4. The standard InChI is InChI=1S/C15H10I3NO8/c1-15(2)26-13(24)4(14(25)27-15)3-19-10-8(17)5(11(20)21)7(16)6(9(10)18)12(22)23/h3,19H,1-2H3,(H,20,21)(H,22,23). The molecule has 12 heteroatoms. The molecule has 1 aliphatic heterocycles. The lowest BCUT2D eigenvalue weighted by Crippen LogP contribution is -2.42. The number of anilines is 1. The van der Waals surface area contributed by atoms with Gasteiger partial charge in [0.15, 0.2) is 5.57 Å². The van der Waals surface area contributed by atoms with Crippen LogP contribution >= 0.6 is 67.8 Å². The van der Waals surface area contributed by atoms with E-state index in [0.29, 0.717) is 0 Å². The molecular weight excluding hydrogens is 703 g/mol. The van der Waals surface area contributed by atoms with Gasteiger partial charge in [0.25, 0.3) is 5.79 Å². The fourth-order valence-corrected chi connectivity index (χ4v) is 6.49. The molecular formula is C15H10I3NO8. The quantitative estimate of drug-likeness (QED) is 0.186. The minimum atomic E-state index is -1.40. The zero-order chi connectivity index (χ0) is 20.7. The molecule has 1 aliphatic rings. The van der Waals surface area contributed by atoms with Crippen LogP contribution in [0.25, 0.3) is 0 Å². The van der Waals surface area contributed by atoms with Crippen molar-refractivity contribution < 1.29 is 38.9 Å². The Balaban J connectivity index is 2.57. The molecule has 0 bridgehead atoms. The maximum atomic E-state index is 12.0. The number of cyclic esters (lactones) is 2. The average molecular weight is 713 g/mol. The summed E-state index contributed by atoms with van der Waals surface area (Å²) in [5.74, 6) is -5.86. The highest BCUT2D eigenvalue weighted by molar-refractivity contribution is 14.1. The summed E-state index contributed by atoms with van der Waals surface area (Å²) >= 11 is 5.16. The van der Waals surface area contributed by atoms with Gasteiger partial charge in [-0.05, 0) is 67.8 Å². The van der Waals surface area contributed by atoms with Crippen molar-refractivity contribution in [2.45, 2.75) is 19.6 Å². The zero-order valence-corrected chi connectivity index (χ0v) is 20.0. The number of carboxylic acids is 2. The van der Waals surface area contributed by atoms with Gasteiger partial charge in [-0.2, -0.15) is 0 Å². The summed E-state index contributed by atoms with van der Waals surface area (Å²) in [4.78, 5) is 47.1. The largest absolute Gasteiger partial charge is 0.478 e.